The van der Waals surface area contributed by atoms with Gasteiger partial charge < -0.3 is 15.4 Å². The number of thiophene rings is 1. The second kappa shape index (κ2) is 12.7. The van der Waals surface area contributed by atoms with Crippen molar-refractivity contribution in [3.05, 3.63) is 40.6 Å². The monoisotopic (exact) mass is 561 g/mol. The van der Waals surface area contributed by atoms with Crippen molar-refractivity contribution in [3.63, 3.8) is 0 Å². The lowest BCUT2D eigenvalue weighted by Crippen LogP contribution is -2.46. The van der Waals surface area contributed by atoms with Crippen molar-refractivity contribution in [1.82, 2.24) is 10.6 Å². The number of guanidine groups is 1. The predicted molar refractivity (Wildman–Crippen MR) is 140 cm³/mol. The molecule has 1 aromatic heterocycles. The van der Waals surface area contributed by atoms with Gasteiger partial charge in [-0.05, 0) is 54.0 Å². The van der Waals surface area contributed by atoms with Gasteiger partial charge in [-0.3, -0.25) is 9.20 Å². The third kappa shape index (κ3) is 6.95. The summed E-state index contributed by atoms with van der Waals surface area (Å²) in [6, 6.07) is 10.7. The van der Waals surface area contributed by atoms with E-state index in [4.69, 9.17) is 4.74 Å². The van der Waals surface area contributed by atoms with Crippen molar-refractivity contribution < 1.29 is 8.95 Å². The molecule has 0 radical (unpaired) electrons. The van der Waals surface area contributed by atoms with Crippen molar-refractivity contribution in [3.8, 4) is 16.9 Å². The molecule has 1 fully saturated rings. The van der Waals surface area contributed by atoms with Crippen LogP contribution in [0.25, 0.3) is 11.1 Å². The van der Waals surface area contributed by atoms with Crippen LogP contribution in [0.1, 0.15) is 37.5 Å². The topological polar surface area (TPSA) is 62.7 Å². The Kier molecular flexibility index (Phi) is 10.6. The van der Waals surface area contributed by atoms with Crippen molar-refractivity contribution in [2.75, 3.05) is 19.9 Å². The number of methoxy groups -OCH3 is 1. The molecule has 2 aromatic rings. The molecule has 0 aliphatic heterocycles. The van der Waals surface area contributed by atoms with Crippen LogP contribution in [0.15, 0.2) is 40.7 Å². The normalized spacial score (nSPS) is 20.2. The molecule has 166 valence electrons. The van der Waals surface area contributed by atoms with E-state index in [9.17, 15) is 4.21 Å². The lowest BCUT2D eigenvalue weighted by molar-refractivity contribution is 0.413. The molecule has 5 nitrogen and oxygen atoms in total. The maximum Gasteiger partial charge on any atom is 0.191 e. The number of benzene rings is 1. The van der Waals surface area contributed by atoms with Crippen LogP contribution in [0.5, 0.6) is 5.75 Å². The first kappa shape index (κ1) is 25.1. The highest BCUT2D eigenvalue weighted by atomic mass is 127. The Morgan fingerprint density at radius 3 is 2.70 bits per heavy atom. The lowest BCUT2D eigenvalue weighted by Gasteiger charge is -2.30. The van der Waals surface area contributed by atoms with Gasteiger partial charge in [0.25, 0.3) is 0 Å². The average Bonchev–Trinajstić information content (AvgIpc) is 3.25. The minimum atomic E-state index is -0.709. The number of rotatable bonds is 7. The standard InChI is InChI=1S/C22H31N3O2S2.HI/c1-4-29(26)21-7-5-6-18(13-21)25-22(23-2)24-14-20-12-17(15-28-20)16-8-10-19(27-3)11-9-16;/h8-12,15,18,21H,4-7,13-14H2,1-3H3,(H2,23,24,25);1H. The molecule has 1 aliphatic rings. The minimum Gasteiger partial charge on any atom is -0.497 e. The summed E-state index contributed by atoms with van der Waals surface area (Å²) < 4.78 is 17.4. The zero-order valence-electron chi connectivity index (χ0n) is 17.8. The SMILES string of the molecule is CCS(=O)C1CCCC(NC(=NC)NCc2cc(-c3ccc(OC)cc3)cs2)C1.I. The molecule has 3 unspecified atom stereocenters. The van der Waals surface area contributed by atoms with Gasteiger partial charge in [-0.2, -0.15) is 0 Å². The summed E-state index contributed by atoms with van der Waals surface area (Å²) in [5.74, 6) is 2.44. The maximum atomic E-state index is 12.2. The van der Waals surface area contributed by atoms with Gasteiger partial charge in [-0.15, -0.1) is 35.3 Å². The Hall–Kier alpha value is -1.13. The van der Waals surface area contributed by atoms with Gasteiger partial charge >= 0.3 is 0 Å². The van der Waals surface area contributed by atoms with Gasteiger partial charge in [-0.25, -0.2) is 0 Å². The van der Waals surface area contributed by atoms with Crippen molar-refractivity contribution >= 4 is 52.1 Å². The van der Waals surface area contributed by atoms with Gasteiger partial charge in [0.2, 0.25) is 0 Å². The van der Waals surface area contributed by atoms with E-state index < -0.39 is 10.8 Å². The Labute approximate surface area is 203 Å². The molecule has 2 N–H and O–H groups in total. The molecule has 30 heavy (non-hydrogen) atoms. The first-order chi connectivity index (χ1) is 14.1. The Bertz CT molecular complexity index is 839. The van der Waals surface area contributed by atoms with Crippen LogP contribution >= 0.6 is 35.3 Å². The lowest BCUT2D eigenvalue weighted by atomic mass is 9.95. The van der Waals surface area contributed by atoms with E-state index in [2.05, 4.69) is 39.2 Å². The molecule has 0 bridgehead atoms. The molecule has 0 amide bonds. The molecule has 1 aromatic carbocycles. The van der Waals surface area contributed by atoms with Gasteiger partial charge in [0, 0.05) is 39.8 Å². The Morgan fingerprint density at radius 2 is 2.03 bits per heavy atom. The smallest absolute Gasteiger partial charge is 0.191 e. The molecular weight excluding hydrogens is 529 g/mol. The predicted octanol–water partition coefficient (Wildman–Crippen LogP) is 4.79. The van der Waals surface area contributed by atoms with E-state index in [1.54, 1.807) is 25.5 Å². The highest BCUT2D eigenvalue weighted by molar-refractivity contribution is 14.0. The number of ether oxygens (including phenoxy) is 1. The van der Waals surface area contributed by atoms with E-state index in [0.717, 1.165) is 49.7 Å². The summed E-state index contributed by atoms with van der Waals surface area (Å²) in [5.41, 5.74) is 2.41. The molecule has 0 saturated heterocycles. The number of nitrogens with one attached hydrogen (secondary N) is 2. The Balaban J connectivity index is 0.00000320. The molecule has 1 aliphatic carbocycles. The highest BCUT2D eigenvalue weighted by Crippen LogP contribution is 2.27. The summed E-state index contributed by atoms with van der Waals surface area (Å²) in [6.45, 7) is 2.74. The van der Waals surface area contributed by atoms with E-state index in [1.807, 2.05) is 19.1 Å². The molecular formula is C22H32IN3O2S2. The summed E-state index contributed by atoms with van der Waals surface area (Å²) >= 11 is 1.74. The minimum absolute atomic E-state index is 0. The Morgan fingerprint density at radius 1 is 1.27 bits per heavy atom. The maximum absolute atomic E-state index is 12.2. The zero-order chi connectivity index (χ0) is 20.6. The molecule has 3 rings (SSSR count). The number of hydrogen-bond donors (Lipinski definition) is 2. The van der Waals surface area contributed by atoms with E-state index in [0.29, 0.717) is 11.3 Å². The van der Waals surface area contributed by atoms with Crippen LogP contribution in [-0.4, -0.2) is 41.4 Å². The molecule has 3 atom stereocenters. The van der Waals surface area contributed by atoms with Crippen LogP contribution in [0, 0.1) is 0 Å². The number of hydrogen-bond acceptors (Lipinski definition) is 4. The van der Waals surface area contributed by atoms with E-state index >= 15 is 0 Å². The second-order valence-corrected chi connectivity index (χ2v) is 10.3. The van der Waals surface area contributed by atoms with Crippen molar-refractivity contribution in [2.45, 2.75) is 50.4 Å². The van der Waals surface area contributed by atoms with E-state index in [-0.39, 0.29) is 24.0 Å². The second-order valence-electron chi connectivity index (χ2n) is 7.26. The number of nitrogens with zero attached hydrogens (tertiary/aromatic N) is 1. The van der Waals surface area contributed by atoms with Gasteiger partial charge in [-0.1, -0.05) is 25.5 Å². The molecule has 1 heterocycles. The van der Waals surface area contributed by atoms with Crippen molar-refractivity contribution in [1.29, 1.82) is 0 Å². The first-order valence-electron chi connectivity index (χ1n) is 10.2. The molecule has 1 saturated carbocycles. The van der Waals surface area contributed by atoms with E-state index in [1.165, 1.54) is 16.0 Å². The third-order valence-electron chi connectivity index (χ3n) is 5.35. The highest BCUT2D eigenvalue weighted by Gasteiger charge is 2.26. The summed E-state index contributed by atoms with van der Waals surface area (Å²) in [6.07, 6.45) is 4.27. The van der Waals surface area contributed by atoms with Gasteiger partial charge in [0.1, 0.15) is 5.75 Å². The third-order valence-corrected chi connectivity index (χ3v) is 8.03. The number of halogens is 1. The number of aliphatic imine (C=N–C) groups is 1. The van der Waals surface area contributed by atoms with Crippen LogP contribution in [0.3, 0.4) is 0 Å². The van der Waals surface area contributed by atoms with Crippen LogP contribution in [-0.2, 0) is 17.3 Å². The molecule has 0 spiro atoms. The average molecular weight is 562 g/mol. The van der Waals surface area contributed by atoms with Crippen LogP contribution in [0.4, 0.5) is 0 Å². The van der Waals surface area contributed by atoms with Crippen molar-refractivity contribution in [2.24, 2.45) is 4.99 Å². The quantitative estimate of drug-likeness (QED) is 0.290. The molecule has 8 heteroatoms. The fraction of sp³-hybridized carbons (Fsp3) is 0.500. The van der Waals surface area contributed by atoms with Gasteiger partial charge in [0.15, 0.2) is 5.96 Å². The zero-order valence-corrected chi connectivity index (χ0v) is 21.8. The first-order valence-corrected chi connectivity index (χ1v) is 12.4. The largest absolute Gasteiger partial charge is 0.497 e. The van der Waals surface area contributed by atoms with Crippen LogP contribution in [0.2, 0.25) is 0 Å². The van der Waals surface area contributed by atoms with Crippen LogP contribution < -0.4 is 15.4 Å². The summed E-state index contributed by atoms with van der Waals surface area (Å²) in [5, 5.41) is 9.45. The fourth-order valence-corrected chi connectivity index (χ4v) is 5.90. The summed E-state index contributed by atoms with van der Waals surface area (Å²) in [7, 11) is 2.78. The summed E-state index contributed by atoms with van der Waals surface area (Å²) in [4.78, 5) is 5.64. The fourth-order valence-electron chi connectivity index (χ4n) is 3.72. The van der Waals surface area contributed by atoms with Gasteiger partial charge in [0.05, 0.1) is 13.7 Å².